The number of hydrogen-bond donors (Lipinski definition) is 1. The molecule has 5 aromatic rings. The Morgan fingerprint density at radius 3 is 2.29 bits per heavy atom. The minimum atomic E-state index is 0.157. The van der Waals surface area contributed by atoms with Crippen molar-refractivity contribution in [3.8, 4) is 45.5 Å². The third-order valence-electron chi connectivity index (χ3n) is 5.47. The van der Waals surface area contributed by atoms with Crippen molar-refractivity contribution in [2.45, 2.75) is 0 Å². The van der Waals surface area contributed by atoms with Crippen LogP contribution in [0.4, 0.5) is 5.95 Å². The number of halogens is 1. The fourth-order valence-corrected chi connectivity index (χ4v) is 3.94. The average Bonchev–Trinajstić information content (AvgIpc) is 2.88. The van der Waals surface area contributed by atoms with Gasteiger partial charge in [0.25, 0.3) is 0 Å². The summed E-state index contributed by atoms with van der Waals surface area (Å²) >= 11 is 6.09. The monoisotopic (exact) mass is 484 g/mol. The van der Waals surface area contributed by atoms with Gasteiger partial charge in [-0.2, -0.15) is 0 Å². The van der Waals surface area contributed by atoms with E-state index in [-0.39, 0.29) is 5.95 Å². The first-order valence-electron chi connectivity index (χ1n) is 10.7. The van der Waals surface area contributed by atoms with Crippen LogP contribution in [0.5, 0.6) is 23.0 Å². The molecule has 35 heavy (non-hydrogen) atoms. The molecule has 8 heteroatoms. The highest BCUT2D eigenvalue weighted by Gasteiger charge is 2.13. The Kier molecular flexibility index (Phi) is 6.08. The Bertz CT molecular complexity index is 1520. The van der Waals surface area contributed by atoms with Gasteiger partial charge in [0.1, 0.15) is 23.0 Å². The normalized spacial score (nSPS) is 10.8. The molecule has 174 valence electrons. The van der Waals surface area contributed by atoms with Crippen LogP contribution in [-0.2, 0) is 0 Å². The van der Waals surface area contributed by atoms with E-state index >= 15 is 0 Å². The summed E-state index contributed by atoms with van der Waals surface area (Å²) in [4.78, 5) is 13.2. The molecule has 0 bridgehead atoms. The van der Waals surface area contributed by atoms with Crippen LogP contribution in [0.15, 0.2) is 79.0 Å². The smallest absolute Gasteiger partial charge is 0.221 e. The Morgan fingerprint density at radius 2 is 1.51 bits per heavy atom. The van der Waals surface area contributed by atoms with Crippen LogP contribution < -0.4 is 19.9 Å². The lowest BCUT2D eigenvalue weighted by molar-refractivity contribution is 0.404. The fraction of sp³-hybridized carbons (Fsp3) is 0.0741. The number of nitrogen functional groups attached to an aromatic ring is 1. The van der Waals surface area contributed by atoms with Crippen LogP contribution in [0, 0.1) is 0 Å². The molecule has 0 aliphatic rings. The molecule has 2 aromatic heterocycles. The number of hydrogen-bond acceptors (Lipinski definition) is 7. The van der Waals surface area contributed by atoms with Gasteiger partial charge in [-0.3, -0.25) is 4.98 Å². The second-order valence-corrected chi connectivity index (χ2v) is 8.10. The van der Waals surface area contributed by atoms with Crippen LogP contribution in [-0.4, -0.2) is 29.2 Å². The van der Waals surface area contributed by atoms with Gasteiger partial charge in [-0.1, -0.05) is 11.6 Å². The van der Waals surface area contributed by atoms with E-state index in [9.17, 15) is 0 Å². The number of methoxy groups -OCH3 is 2. The lowest BCUT2D eigenvalue weighted by atomic mass is 10.1. The number of anilines is 1. The van der Waals surface area contributed by atoms with Gasteiger partial charge < -0.3 is 19.9 Å². The predicted molar refractivity (Wildman–Crippen MR) is 137 cm³/mol. The van der Waals surface area contributed by atoms with Crippen molar-refractivity contribution in [2.24, 2.45) is 0 Å². The molecule has 0 unspecified atom stereocenters. The summed E-state index contributed by atoms with van der Waals surface area (Å²) in [6, 6.07) is 22.3. The molecule has 5 rings (SSSR count). The number of rotatable bonds is 6. The van der Waals surface area contributed by atoms with Gasteiger partial charge in [-0.15, -0.1) is 0 Å². The van der Waals surface area contributed by atoms with E-state index in [0.29, 0.717) is 39.4 Å². The van der Waals surface area contributed by atoms with Crippen molar-refractivity contribution >= 4 is 28.5 Å². The zero-order valence-corrected chi connectivity index (χ0v) is 19.8. The second kappa shape index (κ2) is 9.48. The van der Waals surface area contributed by atoms with Gasteiger partial charge in [0.15, 0.2) is 0 Å². The van der Waals surface area contributed by atoms with E-state index < -0.39 is 0 Å². The van der Waals surface area contributed by atoms with Gasteiger partial charge >= 0.3 is 0 Å². The lowest BCUT2D eigenvalue weighted by Crippen LogP contribution is -2.00. The minimum absolute atomic E-state index is 0.157. The van der Waals surface area contributed by atoms with Gasteiger partial charge in [0.05, 0.1) is 31.1 Å². The van der Waals surface area contributed by atoms with Crippen LogP contribution in [0.3, 0.4) is 0 Å². The van der Waals surface area contributed by atoms with E-state index in [4.69, 9.17) is 31.5 Å². The molecule has 0 saturated carbocycles. The van der Waals surface area contributed by atoms with E-state index in [0.717, 1.165) is 22.0 Å². The van der Waals surface area contributed by atoms with E-state index in [2.05, 4.69) is 15.0 Å². The van der Waals surface area contributed by atoms with Crippen molar-refractivity contribution in [1.29, 1.82) is 0 Å². The highest BCUT2D eigenvalue weighted by molar-refractivity contribution is 6.31. The molecule has 0 fully saturated rings. The summed E-state index contributed by atoms with van der Waals surface area (Å²) in [7, 11) is 3.22. The van der Waals surface area contributed by atoms with Crippen molar-refractivity contribution in [3.05, 3.63) is 84.0 Å². The van der Waals surface area contributed by atoms with E-state index in [1.807, 2.05) is 66.7 Å². The Hall–Kier alpha value is -4.36. The van der Waals surface area contributed by atoms with Crippen molar-refractivity contribution in [1.82, 2.24) is 15.0 Å². The summed E-state index contributed by atoms with van der Waals surface area (Å²) < 4.78 is 17.0. The van der Waals surface area contributed by atoms with Crippen LogP contribution in [0.1, 0.15) is 0 Å². The minimum Gasteiger partial charge on any atom is -0.497 e. The summed E-state index contributed by atoms with van der Waals surface area (Å²) in [6.45, 7) is 0. The van der Waals surface area contributed by atoms with E-state index in [1.165, 1.54) is 0 Å². The highest BCUT2D eigenvalue weighted by Crippen LogP contribution is 2.35. The van der Waals surface area contributed by atoms with E-state index in [1.54, 1.807) is 26.5 Å². The average molecular weight is 485 g/mol. The molecule has 0 aliphatic carbocycles. The number of pyridine rings is 1. The van der Waals surface area contributed by atoms with Crippen molar-refractivity contribution in [2.75, 3.05) is 20.0 Å². The second-order valence-electron chi connectivity index (χ2n) is 7.66. The maximum Gasteiger partial charge on any atom is 0.221 e. The number of nitrogens with zero attached hydrogens (tertiary/aromatic N) is 3. The number of aromatic nitrogens is 3. The molecule has 0 radical (unpaired) electrons. The van der Waals surface area contributed by atoms with Crippen LogP contribution >= 0.6 is 11.6 Å². The zero-order valence-electron chi connectivity index (χ0n) is 19.0. The van der Waals surface area contributed by atoms with Crippen molar-refractivity contribution < 1.29 is 14.2 Å². The summed E-state index contributed by atoms with van der Waals surface area (Å²) in [5.41, 5.74) is 9.75. The van der Waals surface area contributed by atoms with Gasteiger partial charge in [-0.05, 0) is 72.8 Å². The van der Waals surface area contributed by atoms with Gasteiger partial charge in [0.2, 0.25) is 5.95 Å². The van der Waals surface area contributed by atoms with Crippen molar-refractivity contribution in [3.63, 3.8) is 0 Å². The molecule has 0 amide bonds. The maximum absolute atomic E-state index is 6.12. The lowest BCUT2D eigenvalue weighted by Gasteiger charge is -2.12. The molecule has 7 nitrogen and oxygen atoms in total. The molecular formula is C27H21ClN4O3. The van der Waals surface area contributed by atoms with Gasteiger partial charge in [0, 0.05) is 27.7 Å². The largest absolute Gasteiger partial charge is 0.497 e. The van der Waals surface area contributed by atoms with Crippen LogP contribution in [0.25, 0.3) is 33.4 Å². The molecular weight excluding hydrogens is 464 g/mol. The summed E-state index contributed by atoms with van der Waals surface area (Å²) in [5.74, 6) is 2.87. The quantitative estimate of drug-likeness (QED) is 0.298. The maximum atomic E-state index is 6.12. The third-order valence-corrected chi connectivity index (χ3v) is 5.70. The van der Waals surface area contributed by atoms with Crippen LogP contribution in [0.2, 0.25) is 5.02 Å². The number of nitrogens with two attached hydrogens (primary N) is 1. The summed E-state index contributed by atoms with van der Waals surface area (Å²) in [5, 5.41) is 1.50. The highest BCUT2D eigenvalue weighted by atomic mass is 35.5. The molecule has 2 heterocycles. The number of fused-ring (bicyclic) bond motifs is 1. The first-order valence-corrected chi connectivity index (χ1v) is 11.1. The molecule has 2 N–H and O–H groups in total. The first kappa shape index (κ1) is 22.4. The zero-order chi connectivity index (χ0) is 24.4. The Balaban J connectivity index is 1.46. The standard InChI is InChI=1S/C27H21ClN4O3/c1-33-19-8-10-25(34-2)21(14-19)24-15-22(31-27(29)32-24)16-3-6-18(7-4-16)35-26-11-12-30-23-13-17(28)5-9-20(23)26/h3-15H,1-2H3,(H2,29,31,32). The Labute approximate surface area is 207 Å². The molecule has 3 aromatic carbocycles. The SMILES string of the molecule is COc1ccc(OC)c(-c2cc(-c3ccc(Oc4ccnc5cc(Cl)ccc45)cc3)nc(N)n2)c1. The topological polar surface area (TPSA) is 92.4 Å². The fourth-order valence-electron chi connectivity index (χ4n) is 3.77. The third kappa shape index (κ3) is 4.67. The molecule has 0 atom stereocenters. The first-order chi connectivity index (χ1) is 17.0. The number of ether oxygens (including phenoxy) is 3. The molecule has 0 spiro atoms. The molecule has 0 saturated heterocycles. The molecule has 0 aliphatic heterocycles. The predicted octanol–water partition coefficient (Wildman–Crippen LogP) is 6.40. The van der Waals surface area contributed by atoms with Gasteiger partial charge in [-0.25, -0.2) is 9.97 Å². The number of benzene rings is 3. The summed E-state index contributed by atoms with van der Waals surface area (Å²) in [6.07, 6.45) is 1.69. The Morgan fingerprint density at radius 1 is 0.743 bits per heavy atom.